The van der Waals surface area contributed by atoms with Crippen LogP contribution in [0.3, 0.4) is 0 Å². The molecule has 8 rings (SSSR count). The molecule has 0 aliphatic heterocycles. The first-order valence-electron chi connectivity index (χ1n) is 30.8. The molecule has 8 aromatic rings. The van der Waals surface area contributed by atoms with Crippen molar-refractivity contribution in [3.05, 3.63) is 202 Å². The highest BCUT2D eigenvalue weighted by molar-refractivity contribution is 6.31. The molecule has 6 aromatic carbocycles. The molecule has 5 N–H and O–H groups in total. The minimum Gasteiger partial charge on any atom is -0.479 e. The minimum atomic E-state index is -1.73. The van der Waals surface area contributed by atoms with Crippen LogP contribution in [0.25, 0.3) is 44.8 Å². The molecule has 0 saturated carbocycles. The lowest BCUT2D eigenvalue weighted by atomic mass is 9.93. The number of aromatic nitrogens is 2. The Bertz CT molecular complexity index is 4020. The number of amides is 2. The molecule has 0 aliphatic rings. The second-order valence-electron chi connectivity index (χ2n) is 23.0. The standard InChI is InChI=1S/C36H36ClFN2O9.C27H22ClFN2O5.C9H15ClO4.CH4/c1-21(2)28(18-33(42)46-3)35(44)47-20-48-36(45)31(41)17-26(15-22-11-13-23(14-12-22)24-7-6-8-25(37)16-24)39-34(43)32-19-30(40-49-32)27-9-4-5-10-29(27)38;28-19-5-3-4-18(13-19)17-10-8-16(9-11-17)12-20(14-24(32)27(34)35)30-26(33)25-15-23(31-36-25)21-6-1-2-7-22(21)29;1-6(2)7(4-8(11)13-3)9(12)14-5-10;/h4-14,16,19,21,26,28,31,41H,15,17-18,20H2,1-3H3,(H,39,43);1-11,13,15,20,24,32H,12,14H2,(H,30,33)(H,34,35);6-7H,4-5H2,1-3H3;1H4/t26-,28+,31-;20-,24-;7-;/m110./s1. The van der Waals surface area contributed by atoms with Gasteiger partial charge < -0.3 is 58.7 Å². The van der Waals surface area contributed by atoms with E-state index in [2.05, 4.69) is 35.2 Å². The number of carboxylic acids is 1. The Hall–Kier alpha value is -9.85. The first-order valence-corrected chi connectivity index (χ1v) is 32.1. The predicted octanol–water partition coefficient (Wildman–Crippen LogP) is 12.9. The summed E-state index contributed by atoms with van der Waals surface area (Å²) in [6.07, 6.45) is -3.68. The van der Waals surface area contributed by atoms with Crippen molar-refractivity contribution in [2.24, 2.45) is 23.7 Å². The van der Waals surface area contributed by atoms with Crippen molar-refractivity contribution in [2.45, 2.75) is 97.9 Å². The fourth-order valence-corrected chi connectivity index (χ4v) is 10.3. The third-order valence-electron chi connectivity index (χ3n) is 15.2. The van der Waals surface area contributed by atoms with Gasteiger partial charge in [-0.05, 0) is 107 Å². The summed E-state index contributed by atoms with van der Waals surface area (Å²) in [5, 5.41) is 44.0. The minimum absolute atomic E-state index is 0. The van der Waals surface area contributed by atoms with E-state index in [1.54, 1.807) is 38.1 Å². The van der Waals surface area contributed by atoms with Crippen LogP contribution in [0.15, 0.2) is 167 Å². The van der Waals surface area contributed by atoms with Crippen molar-refractivity contribution in [2.75, 3.05) is 27.1 Å². The molecule has 2 amide bonds. The highest BCUT2D eigenvalue weighted by Crippen LogP contribution is 2.29. The van der Waals surface area contributed by atoms with Crippen LogP contribution in [0.1, 0.15) is 93.0 Å². The SMILES string of the molecule is C.COC(=O)C[C@H](C(=O)OCCl)C(C)C.COC(=O)C[C@H](C(=O)OCOC(=O)[C@H](O)C[C@@H](Cc1ccc(-c2cccc(Cl)c2)cc1)NC(=O)c1cc(-c2ccccc2F)no1)C(C)C.O=C(N[C@H](Cc1ccc(-c2cccc(Cl)c2)cc1)C[C@@H](O)C(=O)O)c1cc(-c2ccccc2F)no1. The zero-order chi connectivity index (χ0) is 72.3. The lowest BCUT2D eigenvalue weighted by Gasteiger charge is -2.21. The number of aliphatic hydroxyl groups excluding tert-OH is 2. The molecule has 0 fully saturated rings. The van der Waals surface area contributed by atoms with Crippen molar-refractivity contribution in [3.63, 3.8) is 0 Å². The fourth-order valence-electron chi connectivity index (χ4n) is 9.78. The predicted molar refractivity (Wildman–Crippen MR) is 367 cm³/mol. The number of rotatable bonds is 29. The van der Waals surface area contributed by atoms with E-state index in [4.69, 9.17) is 58.4 Å². The average Bonchev–Trinajstić information content (AvgIpc) is 1.71. The molecule has 22 nitrogen and oxygen atoms in total. The molecule has 0 unspecified atom stereocenters. The van der Waals surface area contributed by atoms with Crippen molar-refractivity contribution in [1.29, 1.82) is 0 Å². The summed E-state index contributed by atoms with van der Waals surface area (Å²) in [7, 11) is 2.49. The average molecular weight is 1440 g/mol. The second kappa shape index (κ2) is 40.3. The number of esters is 5. The smallest absolute Gasteiger partial charge is 0.337 e. The quantitative estimate of drug-likeness (QED) is 0.0126. The van der Waals surface area contributed by atoms with E-state index in [0.717, 1.165) is 33.4 Å². The number of alkyl halides is 1. The number of hydrogen-bond donors (Lipinski definition) is 5. The fraction of sp³-hybridized carbons (Fsp3) is 0.315. The number of carbonyl (C=O) groups is 8. The normalized spacial score (nSPS) is 12.6. The summed E-state index contributed by atoms with van der Waals surface area (Å²) in [6.45, 7) is 6.33. The largest absolute Gasteiger partial charge is 0.479 e. The van der Waals surface area contributed by atoms with Gasteiger partial charge in [-0.2, -0.15) is 0 Å². The highest BCUT2D eigenvalue weighted by Gasteiger charge is 2.31. The van der Waals surface area contributed by atoms with Gasteiger partial charge in [0.25, 0.3) is 11.8 Å². The van der Waals surface area contributed by atoms with E-state index >= 15 is 0 Å². The summed E-state index contributed by atoms with van der Waals surface area (Å²) < 4.78 is 62.3. The lowest BCUT2D eigenvalue weighted by Crippen LogP contribution is -2.41. The third kappa shape index (κ3) is 25.2. The number of aliphatic carboxylic acids is 1. The highest BCUT2D eigenvalue weighted by atomic mass is 35.5. The Kier molecular flexibility index (Phi) is 32.6. The number of aliphatic hydroxyl groups is 2. The van der Waals surface area contributed by atoms with Crippen LogP contribution in [0.2, 0.25) is 10.0 Å². The van der Waals surface area contributed by atoms with Crippen molar-refractivity contribution in [3.8, 4) is 44.8 Å². The summed E-state index contributed by atoms with van der Waals surface area (Å²) in [5.74, 6) is -9.10. The first-order chi connectivity index (χ1) is 47.3. The molecule has 0 spiro atoms. The molecular weight excluding hydrogens is 1370 g/mol. The van der Waals surface area contributed by atoms with Gasteiger partial charge in [-0.3, -0.25) is 28.8 Å². The van der Waals surface area contributed by atoms with Gasteiger partial charge in [-0.25, -0.2) is 18.4 Å². The van der Waals surface area contributed by atoms with Gasteiger partial charge in [0.15, 0.2) is 18.3 Å². The Labute approximate surface area is 591 Å². The van der Waals surface area contributed by atoms with Crippen LogP contribution in [-0.4, -0.2) is 125 Å². The maximum Gasteiger partial charge on any atom is 0.337 e. The number of benzene rings is 6. The number of nitrogens with zero attached hydrogens (tertiary/aromatic N) is 2. The molecular formula is C73H77Cl3F2N4O18. The van der Waals surface area contributed by atoms with Crippen LogP contribution >= 0.6 is 34.8 Å². The van der Waals surface area contributed by atoms with Crippen LogP contribution in [0, 0.1) is 35.3 Å². The van der Waals surface area contributed by atoms with Gasteiger partial charge in [0, 0.05) is 58.2 Å². The molecule has 27 heteroatoms. The number of hydrogen-bond acceptors (Lipinski definition) is 19. The van der Waals surface area contributed by atoms with Crippen LogP contribution in [0.5, 0.6) is 0 Å². The van der Waals surface area contributed by atoms with E-state index < -0.39 is 102 Å². The summed E-state index contributed by atoms with van der Waals surface area (Å²) >= 11 is 17.5. The zero-order valence-electron chi connectivity index (χ0n) is 54.5. The van der Waals surface area contributed by atoms with Crippen LogP contribution < -0.4 is 10.6 Å². The Morgan fingerprint density at radius 1 is 0.510 bits per heavy atom. The van der Waals surface area contributed by atoms with Gasteiger partial charge in [0.1, 0.15) is 23.0 Å². The van der Waals surface area contributed by atoms with E-state index in [0.29, 0.717) is 10.0 Å². The van der Waals surface area contributed by atoms with E-state index in [-0.39, 0.29) is 97.9 Å². The van der Waals surface area contributed by atoms with Gasteiger partial charge in [-0.15, -0.1) is 0 Å². The van der Waals surface area contributed by atoms with Gasteiger partial charge in [0.2, 0.25) is 18.3 Å². The summed E-state index contributed by atoms with van der Waals surface area (Å²) in [5.41, 5.74) is 5.85. The summed E-state index contributed by atoms with van der Waals surface area (Å²) in [4.78, 5) is 96.4. The first kappa shape index (κ1) is 80.8. The maximum absolute atomic E-state index is 14.3. The molecule has 2 aromatic heterocycles. The maximum atomic E-state index is 14.3. The number of carbonyl (C=O) groups excluding carboxylic acids is 7. The Balaban J connectivity index is 0.000000309. The van der Waals surface area contributed by atoms with Gasteiger partial charge >= 0.3 is 35.8 Å². The number of methoxy groups -OCH3 is 2. The van der Waals surface area contributed by atoms with Gasteiger partial charge in [-0.1, -0.05) is 177 Å². The Morgan fingerprint density at radius 3 is 1.27 bits per heavy atom. The van der Waals surface area contributed by atoms with Crippen molar-refractivity contribution < 1.29 is 95.2 Å². The zero-order valence-corrected chi connectivity index (χ0v) is 56.8. The number of halogens is 5. The second-order valence-corrected chi connectivity index (χ2v) is 24.1. The topological polar surface area (TPSA) is 320 Å². The number of nitrogens with one attached hydrogen (secondary N) is 2. The van der Waals surface area contributed by atoms with E-state index in [9.17, 15) is 57.4 Å². The number of ether oxygens (including phenoxy) is 5. The van der Waals surface area contributed by atoms with Crippen LogP contribution in [-0.2, 0) is 65.3 Å². The Morgan fingerprint density at radius 2 is 0.900 bits per heavy atom. The summed E-state index contributed by atoms with van der Waals surface area (Å²) in [6, 6.07) is 42.3. The molecule has 100 heavy (non-hydrogen) atoms. The monoisotopic (exact) mass is 1440 g/mol. The van der Waals surface area contributed by atoms with Gasteiger partial charge in [0.05, 0.1) is 38.9 Å². The van der Waals surface area contributed by atoms with E-state index in [1.165, 1.54) is 62.8 Å². The van der Waals surface area contributed by atoms with E-state index in [1.807, 2.05) is 98.8 Å². The molecule has 0 radical (unpaired) electrons. The molecule has 2 heterocycles. The molecule has 532 valence electrons. The third-order valence-corrected chi connectivity index (χ3v) is 15.8. The molecule has 6 atom stereocenters. The molecule has 0 bridgehead atoms. The van der Waals surface area contributed by atoms with Crippen molar-refractivity contribution in [1.82, 2.24) is 20.9 Å². The number of carboxylic acid groups (broad SMARTS) is 1. The molecule has 0 saturated heterocycles. The lowest BCUT2D eigenvalue weighted by molar-refractivity contribution is -0.178. The van der Waals surface area contributed by atoms with Crippen molar-refractivity contribution >= 4 is 82.4 Å². The molecule has 0 aliphatic carbocycles. The van der Waals surface area contributed by atoms with Crippen LogP contribution in [0.4, 0.5) is 8.78 Å².